The summed E-state index contributed by atoms with van der Waals surface area (Å²) in [6.07, 6.45) is 0. The molecule has 1 aromatic carbocycles. The van der Waals surface area contributed by atoms with Crippen LogP contribution in [0.1, 0.15) is 24.3 Å². The van der Waals surface area contributed by atoms with Crippen LogP contribution in [0.5, 0.6) is 0 Å². The van der Waals surface area contributed by atoms with Gasteiger partial charge in [0.2, 0.25) is 10.0 Å². The van der Waals surface area contributed by atoms with E-state index in [-0.39, 0.29) is 10.5 Å². The molecule has 6 heteroatoms. The molecule has 0 amide bonds. The summed E-state index contributed by atoms with van der Waals surface area (Å²) in [4.78, 5) is 0.919. The lowest BCUT2D eigenvalue weighted by molar-refractivity contribution is 0.480. The molecule has 1 N–H and O–H groups in total. The molecule has 2 aromatic rings. The van der Waals surface area contributed by atoms with Crippen molar-refractivity contribution in [1.82, 2.24) is 4.72 Å². The largest absolute Gasteiger partial charge is 0.242 e. The number of nitrogens with one attached hydrogen (secondary N) is 1. The first kappa shape index (κ1) is 14.7. The average Bonchev–Trinajstić information content (AvgIpc) is 2.92. The topological polar surface area (TPSA) is 70.0 Å². The van der Waals surface area contributed by atoms with E-state index in [4.69, 9.17) is 5.26 Å². The number of sulfonamides is 1. The average molecular weight is 306 g/mol. The summed E-state index contributed by atoms with van der Waals surface area (Å²) < 4.78 is 27.6. The van der Waals surface area contributed by atoms with Crippen molar-refractivity contribution in [2.24, 2.45) is 0 Å². The Morgan fingerprint density at radius 2 is 1.90 bits per heavy atom. The summed E-state index contributed by atoms with van der Waals surface area (Å²) in [5.41, 5.74) is -0.586. The van der Waals surface area contributed by atoms with Crippen LogP contribution in [0.3, 0.4) is 0 Å². The highest BCUT2D eigenvalue weighted by molar-refractivity contribution is 7.89. The van der Waals surface area contributed by atoms with Gasteiger partial charge in [-0.1, -0.05) is 18.2 Å². The van der Waals surface area contributed by atoms with E-state index in [1.54, 1.807) is 26.0 Å². The second-order valence-corrected chi connectivity index (χ2v) is 7.41. The molecule has 0 aliphatic heterocycles. The van der Waals surface area contributed by atoms with Crippen LogP contribution in [0.15, 0.2) is 46.7 Å². The van der Waals surface area contributed by atoms with Crippen molar-refractivity contribution in [3.8, 4) is 6.07 Å². The van der Waals surface area contributed by atoms with Crippen molar-refractivity contribution < 1.29 is 8.42 Å². The molecule has 0 atom stereocenters. The highest BCUT2D eigenvalue weighted by atomic mass is 32.2. The first-order valence-corrected chi connectivity index (χ1v) is 8.30. The fourth-order valence-electron chi connectivity index (χ4n) is 1.87. The number of benzene rings is 1. The molecule has 104 valence electrons. The summed E-state index contributed by atoms with van der Waals surface area (Å²) in [5, 5.41) is 10.9. The van der Waals surface area contributed by atoms with Gasteiger partial charge in [-0.3, -0.25) is 0 Å². The Hall–Kier alpha value is -1.68. The lowest BCUT2D eigenvalue weighted by Gasteiger charge is -2.25. The minimum absolute atomic E-state index is 0.00660. The van der Waals surface area contributed by atoms with Crippen molar-refractivity contribution in [2.45, 2.75) is 24.3 Å². The second-order valence-electron chi connectivity index (χ2n) is 4.82. The molecule has 1 aromatic heterocycles. The first-order valence-electron chi connectivity index (χ1n) is 5.94. The Kier molecular flexibility index (Phi) is 3.95. The predicted octanol–water partition coefficient (Wildman–Crippen LogP) is 2.83. The Morgan fingerprint density at radius 3 is 2.50 bits per heavy atom. The molecular formula is C14H14N2O2S2. The van der Waals surface area contributed by atoms with E-state index >= 15 is 0 Å². The molecule has 0 spiro atoms. The molecule has 1 heterocycles. The maximum absolute atomic E-state index is 12.5. The quantitative estimate of drug-likeness (QED) is 0.944. The van der Waals surface area contributed by atoms with Crippen molar-refractivity contribution in [1.29, 1.82) is 5.26 Å². The van der Waals surface area contributed by atoms with E-state index < -0.39 is 15.6 Å². The molecule has 0 aliphatic rings. The van der Waals surface area contributed by atoms with Crippen molar-refractivity contribution in [2.75, 3.05) is 0 Å². The van der Waals surface area contributed by atoms with Crippen molar-refractivity contribution >= 4 is 21.4 Å². The van der Waals surface area contributed by atoms with Crippen LogP contribution in [0.2, 0.25) is 0 Å². The summed E-state index contributed by atoms with van der Waals surface area (Å²) in [7, 11) is -3.75. The van der Waals surface area contributed by atoms with Gasteiger partial charge in [-0.25, -0.2) is 13.1 Å². The molecule has 0 saturated carbocycles. The monoisotopic (exact) mass is 306 g/mol. The molecular weight excluding hydrogens is 292 g/mol. The Labute approximate surface area is 122 Å². The van der Waals surface area contributed by atoms with Gasteiger partial charge in [-0.15, -0.1) is 11.3 Å². The van der Waals surface area contributed by atoms with Crippen LogP contribution in [0.4, 0.5) is 0 Å². The van der Waals surface area contributed by atoms with Gasteiger partial charge in [0, 0.05) is 4.88 Å². The number of hydrogen-bond acceptors (Lipinski definition) is 4. The van der Waals surface area contributed by atoms with E-state index in [9.17, 15) is 8.42 Å². The molecule has 0 bridgehead atoms. The SMILES string of the molecule is CC(C)(NS(=O)(=O)c1ccccc1C#N)c1cccs1. The van der Waals surface area contributed by atoms with E-state index in [1.807, 2.05) is 23.6 Å². The highest BCUT2D eigenvalue weighted by Crippen LogP contribution is 2.27. The summed E-state index contributed by atoms with van der Waals surface area (Å²) in [6.45, 7) is 3.59. The van der Waals surface area contributed by atoms with Gasteiger partial charge in [-0.2, -0.15) is 5.26 Å². The first-order chi connectivity index (χ1) is 9.37. The predicted molar refractivity (Wildman–Crippen MR) is 78.8 cm³/mol. The molecule has 0 aliphatic carbocycles. The van der Waals surface area contributed by atoms with E-state index in [2.05, 4.69) is 4.72 Å². The van der Waals surface area contributed by atoms with Crippen molar-refractivity contribution in [3.05, 3.63) is 52.2 Å². The zero-order chi connectivity index (χ0) is 14.8. The number of rotatable bonds is 4. The minimum atomic E-state index is -3.75. The third-order valence-electron chi connectivity index (χ3n) is 2.82. The minimum Gasteiger partial charge on any atom is -0.207 e. The van der Waals surface area contributed by atoms with Gasteiger partial charge in [0.1, 0.15) is 6.07 Å². The Bertz CT molecular complexity index is 742. The molecule has 4 nitrogen and oxygen atoms in total. The van der Waals surface area contributed by atoms with E-state index in [1.165, 1.54) is 23.5 Å². The number of nitriles is 1. The molecule has 20 heavy (non-hydrogen) atoms. The molecule has 0 unspecified atom stereocenters. The van der Waals surface area contributed by atoms with Gasteiger partial charge in [-0.05, 0) is 37.4 Å². The molecule has 2 rings (SSSR count). The van der Waals surface area contributed by atoms with Gasteiger partial charge >= 0.3 is 0 Å². The van der Waals surface area contributed by atoms with Gasteiger partial charge in [0.25, 0.3) is 0 Å². The van der Waals surface area contributed by atoms with E-state index in [0.717, 1.165) is 4.88 Å². The normalized spacial score (nSPS) is 12.1. The molecule has 0 fully saturated rings. The standard InChI is InChI=1S/C14H14N2O2S2/c1-14(2,13-8-5-9-19-13)16-20(17,18)12-7-4-3-6-11(12)10-15/h3-9,16H,1-2H3. The van der Waals surface area contributed by atoms with Crippen LogP contribution >= 0.6 is 11.3 Å². The van der Waals surface area contributed by atoms with Gasteiger partial charge in [0.05, 0.1) is 16.0 Å². The third kappa shape index (κ3) is 2.90. The summed E-state index contributed by atoms with van der Waals surface area (Å²) in [5.74, 6) is 0. The molecule has 0 saturated heterocycles. The number of nitrogens with zero attached hydrogens (tertiary/aromatic N) is 1. The van der Waals surface area contributed by atoms with Crippen LogP contribution in [-0.2, 0) is 15.6 Å². The smallest absolute Gasteiger partial charge is 0.207 e. The Balaban J connectivity index is 2.40. The number of thiophene rings is 1. The lowest BCUT2D eigenvalue weighted by Crippen LogP contribution is -2.40. The van der Waals surface area contributed by atoms with Gasteiger partial charge < -0.3 is 0 Å². The lowest BCUT2D eigenvalue weighted by atomic mass is 10.1. The number of hydrogen-bond donors (Lipinski definition) is 1. The van der Waals surface area contributed by atoms with Gasteiger partial charge in [0.15, 0.2) is 0 Å². The van der Waals surface area contributed by atoms with Crippen molar-refractivity contribution in [3.63, 3.8) is 0 Å². The van der Waals surface area contributed by atoms with Crippen LogP contribution in [0.25, 0.3) is 0 Å². The maximum atomic E-state index is 12.5. The van der Waals surface area contributed by atoms with E-state index in [0.29, 0.717) is 0 Å². The fourth-order valence-corrected chi connectivity index (χ4v) is 4.29. The molecule has 0 radical (unpaired) electrons. The van der Waals surface area contributed by atoms with Crippen LogP contribution in [-0.4, -0.2) is 8.42 Å². The zero-order valence-corrected chi connectivity index (χ0v) is 12.8. The second kappa shape index (κ2) is 5.37. The fraction of sp³-hybridized carbons (Fsp3) is 0.214. The summed E-state index contributed by atoms with van der Waals surface area (Å²) in [6, 6.07) is 11.8. The third-order valence-corrected chi connectivity index (χ3v) is 5.73. The Morgan fingerprint density at radius 1 is 1.20 bits per heavy atom. The van der Waals surface area contributed by atoms with Crippen LogP contribution in [0, 0.1) is 11.3 Å². The zero-order valence-electron chi connectivity index (χ0n) is 11.1. The van der Waals surface area contributed by atoms with Crippen LogP contribution < -0.4 is 4.72 Å². The maximum Gasteiger partial charge on any atom is 0.242 e. The highest BCUT2D eigenvalue weighted by Gasteiger charge is 2.29. The summed E-state index contributed by atoms with van der Waals surface area (Å²) >= 11 is 1.48.